The van der Waals surface area contributed by atoms with Crippen molar-refractivity contribution < 1.29 is 22.7 Å². The number of carbonyl (C=O) groups excluding carboxylic acids is 1. The molecule has 0 bridgehead atoms. The number of alkyl halides is 3. The topological polar surface area (TPSA) is 38.7 Å². The van der Waals surface area contributed by atoms with Gasteiger partial charge in [-0.1, -0.05) is 6.92 Å². The molecule has 0 saturated heterocycles. The normalized spacial score (nSPS) is 12.4. The predicted octanol–water partition coefficient (Wildman–Crippen LogP) is 3.75. The summed E-state index contributed by atoms with van der Waals surface area (Å²) in [4.78, 5) is 15.2. The highest BCUT2D eigenvalue weighted by molar-refractivity contribution is 5.99. The second-order valence-electron chi connectivity index (χ2n) is 3.83. The minimum atomic E-state index is -4.36. The van der Waals surface area contributed by atoms with E-state index in [4.69, 9.17) is 0 Å². The van der Waals surface area contributed by atoms with Gasteiger partial charge in [0.25, 0.3) is 0 Å². The van der Waals surface area contributed by atoms with Crippen LogP contribution in [0.15, 0.2) is 29.3 Å². The van der Waals surface area contributed by atoms with E-state index < -0.39 is 17.7 Å². The van der Waals surface area contributed by atoms with Crippen molar-refractivity contribution in [1.82, 2.24) is 0 Å². The van der Waals surface area contributed by atoms with Gasteiger partial charge in [0.1, 0.15) is 0 Å². The summed E-state index contributed by atoms with van der Waals surface area (Å²) in [6.45, 7) is 1.81. The van der Waals surface area contributed by atoms with E-state index in [2.05, 4.69) is 9.73 Å². The number of rotatable bonds is 4. The number of methoxy groups -OCH3 is 1. The van der Waals surface area contributed by atoms with Crippen molar-refractivity contribution in [3.8, 4) is 0 Å². The van der Waals surface area contributed by atoms with E-state index in [1.54, 1.807) is 0 Å². The Hall–Kier alpha value is -1.85. The average Bonchev–Trinajstić information content (AvgIpc) is 2.37. The third kappa shape index (κ3) is 4.73. The Morgan fingerprint density at radius 3 is 2.26 bits per heavy atom. The van der Waals surface area contributed by atoms with Crippen molar-refractivity contribution in [2.24, 2.45) is 4.99 Å². The second kappa shape index (κ2) is 6.36. The van der Waals surface area contributed by atoms with E-state index in [9.17, 15) is 18.0 Å². The van der Waals surface area contributed by atoms with Crippen molar-refractivity contribution in [2.45, 2.75) is 25.9 Å². The SMILES string of the molecule is CCC(CC(=O)OC)=Nc1ccc(C(F)(F)F)cc1. The van der Waals surface area contributed by atoms with Gasteiger partial charge in [-0.25, -0.2) is 0 Å². The summed E-state index contributed by atoms with van der Waals surface area (Å²) >= 11 is 0. The van der Waals surface area contributed by atoms with E-state index in [-0.39, 0.29) is 6.42 Å². The van der Waals surface area contributed by atoms with Crippen molar-refractivity contribution in [3.63, 3.8) is 0 Å². The molecule has 0 aliphatic heterocycles. The molecule has 3 nitrogen and oxygen atoms in total. The summed E-state index contributed by atoms with van der Waals surface area (Å²) in [6.07, 6.45) is -3.80. The number of benzene rings is 1. The molecule has 104 valence electrons. The number of hydrogen-bond donors (Lipinski definition) is 0. The van der Waals surface area contributed by atoms with Crippen molar-refractivity contribution in [2.75, 3.05) is 7.11 Å². The molecule has 0 aliphatic carbocycles. The van der Waals surface area contributed by atoms with Crippen molar-refractivity contribution >= 4 is 17.4 Å². The lowest BCUT2D eigenvalue weighted by Crippen LogP contribution is -2.08. The highest BCUT2D eigenvalue weighted by Gasteiger charge is 2.29. The lowest BCUT2D eigenvalue weighted by Gasteiger charge is -2.07. The van der Waals surface area contributed by atoms with Gasteiger partial charge in [-0.15, -0.1) is 0 Å². The van der Waals surface area contributed by atoms with Crippen LogP contribution in [-0.4, -0.2) is 18.8 Å². The Kier molecular flexibility index (Phi) is 5.09. The molecule has 0 N–H and O–H groups in total. The first-order chi connectivity index (χ1) is 8.86. The molecule has 0 fully saturated rings. The fourth-order valence-electron chi connectivity index (χ4n) is 1.39. The number of esters is 1. The summed E-state index contributed by atoms with van der Waals surface area (Å²) in [7, 11) is 1.27. The second-order valence-corrected chi connectivity index (χ2v) is 3.83. The van der Waals surface area contributed by atoms with Crippen LogP contribution in [0.1, 0.15) is 25.3 Å². The smallest absolute Gasteiger partial charge is 0.416 e. The Morgan fingerprint density at radius 1 is 1.26 bits per heavy atom. The van der Waals surface area contributed by atoms with Crippen LogP contribution in [0.3, 0.4) is 0 Å². The Balaban J connectivity index is 2.88. The van der Waals surface area contributed by atoms with Gasteiger partial charge in [0.05, 0.1) is 24.8 Å². The molecule has 0 saturated carbocycles. The van der Waals surface area contributed by atoms with E-state index in [1.807, 2.05) is 6.92 Å². The number of hydrogen-bond acceptors (Lipinski definition) is 3. The molecule has 0 atom stereocenters. The van der Waals surface area contributed by atoms with E-state index >= 15 is 0 Å². The number of ether oxygens (including phenoxy) is 1. The monoisotopic (exact) mass is 273 g/mol. The average molecular weight is 273 g/mol. The number of aliphatic imine (C=N–C) groups is 1. The standard InChI is InChI=1S/C13H14F3NO2/c1-3-10(8-12(18)19-2)17-11-6-4-9(5-7-11)13(14,15)16/h4-7H,3,8H2,1-2H3. The van der Waals surface area contributed by atoms with Crippen LogP contribution in [0.2, 0.25) is 0 Å². The van der Waals surface area contributed by atoms with Gasteiger partial charge < -0.3 is 4.74 Å². The number of nitrogens with zero attached hydrogens (tertiary/aromatic N) is 1. The summed E-state index contributed by atoms with van der Waals surface area (Å²) in [5.41, 5.74) is 0.220. The molecule has 0 aliphatic rings. The van der Waals surface area contributed by atoms with Gasteiger partial charge >= 0.3 is 12.1 Å². The van der Waals surface area contributed by atoms with Gasteiger partial charge in [-0.05, 0) is 30.7 Å². The van der Waals surface area contributed by atoms with Crippen LogP contribution < -0.4 is 0 Å². The highest BCUT2D eigenvalue weighted by Crippen LogP contribution is 2.30. The number of carbonyl (C=O) groups is 1. The fourth-order valence-corrected chi connectivity index (χ4v) is 1.39. The molecular formula is C13H14F3NO2. The molecule has 1 rings (SSSR count). The first-order valence-corrected chi connectivity index (χ1v) is 5.67. The summed E-state index contributed by atoms with van der Waals surface area (Å²) in [5, 5.41) is 0. The van der Waals surface area contributed by atoms with Gasteiger partial charge in [-0.3, -0.25) is 9.79 Å². The first kappa shape index (κ1) is 15.2. The molecule has 0 heterocycles. The summed E-state index contributed by atoms with van der Waals surface area (Å²) in [6, 6.07) is 4.47. The maximum atomic E-state index is 12.4. The Morgan fingerprint density at radius 2 is 1.84 bits per heavy atom. The van der Waals surface area contributed by atoms with Crippen LogP contribution >= 0.6 is 0 Å². The maximum absolute atomic E-state index is 12.4. The minimum Gasteiger partial charge on any atom is -0.469 e. The minimum absolute atomic E-state index is 0.0357. The Labute approximate surface area is 109 Å². The molecule has 19 heavy (non-hydrogen) atoms. The highest BCUT2D eigenvalue weighted by atomic mass is 19.4. The first-order valence-electron chi connectivity index (χ1n) is 5.67. The van der Waals surface area contributed by atoms with Crippen molar-refractivity contribution in [3.05, 3.63) is 29.8 Å². The third-order valence-corrected chi connectivity index (χ3v) is 2.47. The molecule has 0 amide bonds. The van der Waals surface area contributed by atoms with Gasteiger partial charge in [0.2, 0.25) is 0 Å². The zero-order valence-corrected chi connectivity index (χ0v) is 10.6. The molecule has 0 radical (unpaired) electrons. The quantitative estimate of drug-likeness (QED) is 0.619. The molecule has 1 aromatic carbocycles. The van der Waals surface area contributed by atoms with Crippen molar-refractivity contribution in [1.29, 1.82) is 0 Å². The van der Waals surface area contributed by atoms with Crippen LogP contribution in [0.25, 0.3) is 0 Å². The molecular weight excluding hydrogens is 259 g/mol. The maximum Gasteiger partial charge on any atom is 0.416 e. The molecule has 1 aromatic rings. The van der Waals surface area contributed by atoms with E-state index in [0.717, 1.165) is 12.1 Å². The Bertz CT molecular complexity index is 464. The zero-order chi connectivity index (χ0) is 14.5. The molecule has 6 heteroatoms. The lowest BCUT2D eigenvalue weighted by atomic mass is 10.2. The van der Waals surface area contributed by atoms with Crippen LogP contribution in [0.4, 0.5) is 18.9 Å². The van der Waals surface area contributed by atoms with Gasteiger partial charge in [0.15, 0.2) is 0 Å². The summed E-state index contributed by atoms with van der Waals surface area (Å²) < 4.78 is 41.6. The molecule has 0 spiro atoms. The van der Waals surface area contributed by atoms with Crippen LogP contribution in [-0.2, 0) is 15.7 Å². The lowest BCUT2D eigenvalue weighted by molar-refractivity contribution is -0.139. The molecule has 0 aromatic heterocycles. The van der Waals surface area contributed by atoms with Crippen LogP contribution in [0, 0.1) is 0 Å². The predicted molar refractivity (Wildman–Crippen MR) is 65.5 cm³/mol. The zero-order valence-electron chi connectivity index (χ0n) is 10.6. The van der Waals surface area contributed by atoms with Gasteiger partial charge in [-0.2, -0.15) is 13.2 Å². The number of halogens is 3. The fraction of sp³-hybridized carbons (Fsp3) is 0.385. The third-order valence-electron chi connectivity index (χ3n) is 2.47. The van der Waals surface area contributed by atoms with E-state index in [0.29, 0.717) is 17.8 Å². The van der Waals surface area contributed by atoms with Gasteiger partial charge in [0, 0.05) is 5.71 Å². The molecule has 0 unspecified atom stereocenters. The van der Waals surface area contributed by atoms with Crippen LogP contribution in [0.5, 0.6) is 0 Å². The largest absolute Gasteiger partial charge is 0.469 e. The summed E-state index contributed by atoms with van der Waals surface area (Å²) in [5.74, 6) is -0.424. The van der Waals surface area contributed by atoms with E-state index in [1.165, 1.54) is 19.2 Å².